The normalized spacial score (nSPS) is 14.3. The predicted molar refractivity (Wildman–Crippen MR) is 105 cm³/mol. The van der Waals surface area contributed by atoms with Crippen LogP contribution < -0.4 is 4.74 Å². The number of fused-ring (bicyclic) bond motifs is 1. The zero-order valence-corrected chi connectivity index (χ0v) is 15.7. The Morgan fingerprint density at radius 3 is 2.54 bits per heavy atom. The molecule has 7 nitrogen and oxygen atoms in total. The highest BCUT2D eigenvalue weighted by atomic mass is 16.5. The van der Waals surface area contributed by atoms with Crippen LogP contribution in [0.25, 0.3) is 10.9 Å². The minimum Gasteiger partial charge on any atom is -0.497 e. The molecule has 2 amide bonds. The number of carbonyl (C=O) groups excluding carboxylic acids is 2. The van der Waals surface area contributed by atoms with Crippen LogP contribution >= 0.6 is 0 Å². The molecule has 2 heterocycles. The van der Waals surface area contributed by atoms with Crippen molar-refractivity contribution in [2.75, 3.05) is 33.3 Å². The van der Waals surface area contributed by atoms with Crippen LogP contribution in [-0.4, -0.2) is 64.7 Å². The van der Waals surface area contributed by atoms with Crippen molar-refractivity contribution in [2.45, 2.75) is 6.54 Å². The summed E-state index contributed by atoms with van der Waals surface area (Å²) in [7, 11) is 1.58. The van der Waals surface area contributed by atoms with Crippen molar-refractivity contribution in [2.24, 2.45) is 0 Å². The predicted octanol–water partition coefficient (Wildman–Crippen LogP) is 2.03. The summed E-state index contributed by atoms with van der Waals surface area (Å²) in [6.07, 6.45) is 1.77. The van der Waals surface area contributed by atoms with Gasteiger partial charge in [-0.1, -0.05) is 24.3 Å². The van der Waals surface area contributed by atoms with Crippen LogP contribution in [-0.2, 0) is 11.3 Å². The highest BCUT2D eigenvalue weighted by Gasteiger charge is 2.25. The lowest BCUT2D eigenvalue weighted by Crippen LogP contribution is -2.51. The van der Waals surface area contributed by atoms with Gasteiger partial charge in [-0.05, 0) is 24.3 Å². The summed E-state index contributed by atoms with van der Waals surface area (Å²) in [6, 6.07) is 15.0. The van der Waals surface area contributed by atoms with Gasteiger partial charge in [0.15, 0.2) is 0 Å². The number of methoxy groups -OCH3 is 1. The Morgan fingerprint density at radius 1 is 1.00 bits per heavy atom. The third-order valence-electron chi connectivity index (χ3n) is 5.07. The molecule has 0 spiro atoms. The number of carbonyl (C=O) groups is 2. The lowest BCUT2D eigenvalue weighted by Gasteiger charge is -2.34. The maximum atomic E-state index is 12.7. The molecule has 1 aliphatic rings. The van der Waals surface area contributed by atoms with E-state index in [1.54, 1.807) is 46.0 Å². The first-order chi connectivity index (χ1) is 13.7. The van der Waals surface area contributed by atoms with Crippen molar-refractivity contribution in [3.8, 4) is 5.75 Å². The molecular weight excluding hydrogens is 356 g/mol. The topological polar surface area (TPSA) is 67.7 Å². The van der Waals surface area contributed by atoms with E-state index in [0.717, 1.165) is 10.9 Å². The van der Waals surface area contributed by atoms with Gasteiger partial charge in [-0.2, -0.15) is 5.10 Å². The summed E-state index contributed by atoms with van der Waals surface area (Å²) in [5.41, 5.74) is 1.55. The number of hydrogen-bond acceptors (Lipinski definition) is 4. The minimum atomic E-state index is -0.0379. The molecule has 0 unspecified atom stereocenters. The van der Waals surface area contributed by atoms with Gasteiger partial charge in [0.25, 0.3) is 5.91 Å². The van der Waals surface area contributed by atoms with Crippen molar-refractivity contribution >= 4 is 22.7 Å². The zero-order valence-electron chi connectivity index (χ0n) is 15.7. The van der Waals surface area contributed by atoms with Gasteiger partial charge in [0.2, 0.25) is 5.91 Å². The van der Waals surface area contributed by atoms with E-state index in [2.05, 4.69) is 5.10 Å². The van der Waals surface area contributed by atoms with E-state index in [1.807, 2.05) is 30.3 Å². The van der Waals surface area contributed by atoms with Crippen LogP contribution in [0.2, 0.25) is 0 Å². The molecule has 0 aliphatic carbocycles. The zero-order chi connectivity index (χ0) is 19.5. The molecule has 144 valence electrons. The second kappa shape index (κ2) is 7.72. The molecule has 3 aromatic rings. The molecular formula is C21H22N4O3. The van der Waals surface area contributed by atoms with E-state index in [1.165, 1.54) is 0 Å². The molecule has 0 radical (unpaired) electrons. The Morgan fingerprint density at radius 2 is 1.75 bits per heavy atom. The smallest absolute Gasteiger partial charge is 0.254 e. The fourth-order valence-electron chi connectivity index (χ4n) is 3.48. The number of nitrogens with zero attached hydrogens (tertiary/aromatic N) is 4. The Hall–Kier alpha value is -3.35. The van der Waals surface area contributed by atoms with Crippen molar-refractivity contribution in [3.05, 3.63) is 60.3 Å². The molecule has 0 bridgehead atoms. The second-order valence-corrected chi connectivity index (χ2v) is 6.77. The lowest BCUT2D eigenvalue weighted by atomic mass is 10.1. The second-order valence-electron chi connectivity index (χ2n) is 6.77. The molecule has 0 atom stereocenters. The van der Waals surface area contributed by atoms with E-state index in [4.69, 9.17) is 4.74 Å². The van der Waals surface area contributed by atoms with Crippen molar-refractivity contribution in [1.82, 2.24) is 19.6 Å². The quantitative estimate of drug-likeness (QED) is 0.697. The van der Waals surface area contributed by atoms with Gasteiger partial charge in [-0.15, -0.1) is 0 Å². The number of piperazine rings is 1. The average molecular weight is 378 g/mol. The van der Waals surface area contributed by atoms with E-state index in [9.17, 15) is 9.59 Å². The minimum absolute atomic E-state index is 0.0160. The molecule has 4 rings (SSSR count). The molecule has 28 heavy (non-hydrogen) atoms. The van der Waals surface area contributed by atoms with Crippen LogP contribution in [0.5, 0.6) is 5.75 Å². The third kappa shape index (κ3) is 3.55. The third-order valence-corrected chi connectivity index (χ3v) is 5.07. The lowest BCUT2D eigenvalue weighted by molar-refractivity contribution is -0.133. The molecule has 7 heteroatoms. The van der Waals surface area contributed by atoms with E-state index < -0.39 is 0 Å². The highest BCUT2D eigenvalue weighted by Crippen LogP contribution is 2.16. The summed E-state index contributed by atoms with van der Waals surface area (Å²) < 4.78 is 6.92. The van der Waals surface area contributed by atoms with Crippen LogP contribution in [0.3, 0.4) is 0 Å². The first-order valence-corrected chi connectivity index (χ1v) is 9.27. The van der Waals surface area contributed by atoms with Crippen molar-refractivity contribution < 1.29 is 14.3 Å². The van der Waals surface area contributed by atoms with Gasteiger partial charge >= 0.3 is 0 Å². The van der Waals surface area contributed by atoms with E-state index >= 15 is 0 Å². The Bertz CT molecular complexity index is 1010. The molecule has 0 saturated carbocycles. The van der Waals surface area contributed by atoms with Crippen molar-refractivity contribution in [1.29, 1.82) is 0 Å². The van der Waals surface area contributed by atoms with Gasteiger partial charge in [0, 0.05) is 37.1 Å². The van der Waals surface area contributed by atoms with E-state index in [-0.39, 0.29) is 18.4 Å². The Labute approximate surface area is 163 Å². The van der Waals surface area contributed by atoms with Gasteiger partial charge in [0.05, 0.1) is 18.8 Å². The summed E-state index contributed by atoms with van der Waals surface area (Å²) in [6.45, 7) is 2.28. The monoisotopic (exact) mass is 378 g/mol. The number of para-hydroxylation sites is 1. The fourth-order valence-corrected chi connectivity index (χ4v) is 3.48. The average Bonchev–Trinajstić information content (AvgIpc) is 3.16. The summed E-state index contributed by atoms with van der Waals surface area (Å²) in [5, 5.41) is 5.34. The molecule has 0 N–H and O–H groups in total. The number of aromatic nitrogens is 2. The van der Waals surface area contributed by atoms with Gasteiger partial charge in [-0.3, -0.25) is 14.3 Å². The summed E-state index contributed by atoms with van der Waals surface area (Å²) >= 11 is 0. The first-order valence-electron chi connectivity index (χ1n) is 9.27. The van der Waals surface area contributed by atoms with Gasteiger partial charge in [-0.25, -0.2) is 0 Å². The van der Waals surface area contributed by atoms with Crippen molar-refractivity contribution in [3.63, 3.8) is 0 Å². The SMILES string of the molecule is COc1cccc(C(=O)N2CCN(C(=O)Cn3ncc4ccccc43)CC2)c1. The molecule has 2 aromatic carbocycles. The highest BCUT2D eigenvalue weighted by molar-refractivity contribution is 5.94. The Balaban J connectivity index is 1.37. The van der Waals surface area contributed by atoms with Gasteiger partial charge < -0.3 is 14.5 Å². The van der Waals surface area contributed by atoms with Crippen LogP contribution in [0.4, 0.5) is 0 Å². The Kier molecular flexibility index (Phi) is 4.97. The number of hydrogen-bond donors (Lipinski definition) is 0. The number of benzene rings is 2. The maximum Gasteiger partial charge on any atom is 0.254 e. The van der Waals surface area contributed by atoms with E-state index in [0.29, 0.717) is 37.5 Å². The van der Waals surface area contributed by atoms with Crippen LogP contribution in [0.15, 0.2) is 54.7 Å². The standard InChI is InChI=1S/C21H22N4O3/c1-28-18-7-4-6-16(13-18)21(27)24-11-9-23(10-12-24)20(26)15-25-19-8-3-2-5-17(19)14-22-25/h2-8,13-14H,9-12,15H2,1H3. The summed E-state index contributed by atoms with van der Waals surface area (Å²) in [5.74, 6) is 0.637. The largest absolute Gasteiger partial charge is 0.497 e. The number of rotatable bonds is 4. The number of amides is 2. The molecule has 1 aliphatic heterocycles. The number of ether oxygens (including phenoxy) is 1. The maximum absolute atomic E-state index is 12.7. The molecule has 1 fully saturated rings. The first kappa shape index (κ1) is 18.0. The summed E-state index contributed by atoms with van der Waals surface area (Å²) in [4.78, 5) is 29.0. The molecule has 1 aromatic heterocycles. The fraction of sp³-hybridized carbons (Fsp3) is 0.286. The van der Waals surface area contributed by atoms with Gasteiger partial charge in [0.1, 0.15) is 12.3 Å². The van der Waals surface area contributed by atoms with Crippen LogP contribution in [0, 0.1) is 0 Å². The molecule has 1 saturated heterocycles. The van der Waals surface area contributed by atoms with Crippen LogP contribution in [0.1, 0.15) is 10.4 Å².